The summed E-state index contributed by atoms with van der Waals surface area (Å²) in [5.74, 6) is 6.47. The van der Waals surface area contributed by atoms with Crippen molar-refractivity contribution in [2.45, 2.75) is 53.0 Å². The minimum absolute atomic E-state index is 0.400. The fraction of sp³-hybridized carbons (Fsp3) is 0.647. The molecule has 1 saturated carbocycles. The van der Waals surface area contributed by atoms with Crippen LogP contribution >= 0.6 is 0 Å². The summed E-state index contributed by atoms with van der Waals surface area (Å²) >= 11 is 0. The average molecular weight is 260 g/mol. The van der Waals surface area contributed by atoms with Gasteiger partial charge in [0.1, 0.15) is 0 Å². The molecule has 0 bridgehead atoms. The third-order valence-electron chi connectivity index (χ3n) is 5.57. The van der Waals surface area contributed by atoms with Crippen molar-refractivity contribution in [3.63, 3.8) is 0 Å². The number of nitrogens with two attached hydrogens (primary N) is 1. The van der Waals surface area contributed by atoms with Crippen molar-refractivity contribution in [1.29, 1.82) is 0 Å². The number of hydrazine groups is 1. The molecule has 0 aliphatic heterocycles. The molecular weight excluding hydrogens is 232 g/mol. The van der Waals surface area contributed by atoms with Crippen LogP contribution in [0.4, 0.5) is 0 Å². The Morgan fingerprint density at radius 3 is 2.16 bits per heavy atom. The molecule has 0 heterocycles. The molecule has 106 valence electrons. The van der Waals surface area contributed by atoms with Crippen LogP contribution in [0.15, 0.2) is 30.3 Å². The van der Waals surface area contributed by atoms with E-state index in [1.54, 1.807) is 0 Å². The van der Waals surface area contributed by atoms with Crippen LogP contribution in [0.2, 0.25) is 0 Å². The molecule has 0 spiro atoms. The molecule has 1 aromatic rings. The van der Waals surface area contributed by atoms with Crippen molar-refractivity contribution in [3.05, 3.63) is 35.9 Å². The van der Waals surface area contributed by atoms with Gasteiger partial charge in [-0.3, -0.25) is 11.3 Å². The highest BCUT2D eigenvalue weighted by molar-refractivity contribution is 5.17. The molecule has 0 saturated heterocycles. The molecule has 1 atom stereocenters. The van der Waals surface area contributed by atoms with Crippen LogP contribution < -0.4 is 11.3 Å². The first-order valence-corrected chi connectivity index (χ1v) is 7.41. The van der Waals surface area contributed by atoms with Crippen molar-refractivity contribution in [2.24, 2.45) is 22.6 Å². The lowest BCUT2D eigenvalue weighted by Crippen LogP contribution is -2.38. The van der Waals surface area contributed by atoms with Gasteiger partial charge in [-0.1, -0.05) is 58.0 Å². The summed E-state index contributed by atoms with van der Waals surface area (Å²) in [6.45, 7) is 9.44. The summed E-state index contributed by atoms with van der Waals surface area (Å²) in [7, 11) is 0. The number of benzene rings is 1. The zero-order valence-corrected chi connectivity index (χ0v) is 12.7. The van der Waals surface area contributed by atoms with E-state index in [1.165, 1.54) is 12.0 Å². The van der Waals surface area contributed by atoms with Crippen LogP contribution in [0.1, 0.15) is 46.1 Å². The molecule has 19 heavy (non-hydrogen) atoms. The van der Waals surface area contributed by atoms with E-state index >= 15 is 0 Å². The van der Waals surface area contributed by atoms with E-state index in [-0.39, 0.29) is 0 Å². The molecule has 0 aromatic heterocycles. The van der Waals surface area contributed by atoms with Gasteiger partial charge in [0.05, 0.1) is 0 Å². The fourth-order valence-electron chi connectivity index (χ4n) is 3.77. The first-order chi connectivity index (χ1) is 8.91. The molecule has 1 unspecified atom stereocenters. The summed E-state index contributed by atoms with van der Waals surface area (Å²) < 4.78 is 0. The zero-order valence-electron chi connectivity index (χ0n) is 12.7. The maximum Gasteiger partial charge on any atom is 0.0249 e. The van der Waals surface area contributed by atoms with Crippen LogP contribution in [0.3, 0.4) is 0 Å². The van der Waals surface area contributed by atoms with Crippen LogP contribution in [-0.2, 0) is 6.42 Å². The number of hydrogen-bond acceptors (Lipinski definition) is 2. The Morgan fingerprint density at radius 2 is 1.68 bits per heavy atom. The van der Waals surface area contributed by atoms with E-state index in [4.69, 9.17) is 5.84 Å². The molecule has 2 heteroatoms. The molecule has 1 fully saturated rings. The Kier molecular flexibility index (Phi) is 4.03. The number of rotatable bonds is 6. The minimum atomic E-state index is 0.400. The Balaban J connectivity index is 1.85. The normalized spacial score (nSPS) is 22.2. The fourth-order valence-corrected chi connectivity index (χ4v) is 3.77. The SMILES string of the molecule is CC1(C)C(C(CCCc2ccccc2)NN)C1(C)C. The average Bonchev–Trinajstić information content (AvgIpc) is 2.78. The monoisotopic (exact) mass is 260 g/mol. The van der Waals surface area contributed by atoms with E-state index < -0.39 is 0 Å². The molecule has 2 rings (SSSR count). The molecule has 1 aliphatic rings. The maximum atomic E-state index is 5.79. The third-order valence-corrected chi connectivity index (χ3v) is 5.57. The van der Waals surface area contributed by atoms with Gasteiger partial charge in [-0.2, -0.15) is 0 Å². The highest BCUT2D eigenvalue weighted by Gasteiger charge is 2.66. The summed E-state index contributed by atoms with van der Waals surface area (Å²) in [5, 5.41) is 0. The van der Waals surface area contributed by atoms with Crippen LogP contribution in [0.5, 0.6) is 0 Å². The predicted octanol–water partition coefficient (Wildman–Crippen LogP) is 3.52. The summed E-state index contributed by atoms with van der Waals surface area (Å²) in [4.78, 5) is 0. The lowest BCUT2D eigenvalue weighted by molar-refractivity contribution is 0.375. The lowest BCUT2D eigenvalue weighted by Gasteiger charge is -2.18. The van der Waals surface area contributed by atoms with E-state index in [0.717, 1.165) is 12.8 Å². The summed E-state index contributed by atoms with van der Waals surface area (Å²) in [6, 6.07) is 11.1. The molecule has 0 amide bonds. The molecular formula is C17H28N2. The second-order valence-corrected chi connectivity index (χ2v) is 7.07. The Labute approximate surface area is 117 Å². The van der Waals surface area contributed by atoms with Gasteiger partial charge < -0.3 is 0 Å². The lowest BCUT2D eigenvalue weighted by atomic mass is 9.98. The van der Waals surface area contributed by atoms with Crippen molar-refractivity contribution in [2.75, 3.05) is 0 Å². The van der Waals surface area contributed by atoms with Gasteiger partial charge in [0, 0.05) is 6.04 Å². The summed E-state index contributed by atoms with van der Waals surface area (Å²) in [6.07, 6.45) is 3.50. The van der Waals surface area contributed by atoms with Gasteiger partial charge in [0.15, 0.2) is 0 Å². The van der Waals surface area contributed by atoms with Gasteiger partial charge in [0.2, 0.25) is 0 Å². The highest BCUT2D eigenvalue weighted by Crippen LogP contribution is 2.69. The van der Waals surface area contributed by atoms with Crippen molar-refractivity contribution >= 4 is 0 Å². The number of aryl methyl sites for hydroxylation is 1. The Morgan fingerprint density at radius 1 is 1.11 bits per heavy atom. The van der Waals surface area contributed by atoms with Crippen molar-refractivity contribution in [3.8, 4) is 0 Å². The smallest absolute Gasteiger partial charge is 0.0249 e. The number of hydrogen-bond donors (Lipinski definition) is 2. The zero-order chi connectivity index (χ0) is 14.1. The largest absolute Gasteiger partial charge is 0.271 e. The molecule has 0 radical (unpaired) electrons. The van der Waals surface area contributed by atoms with Gasteiger partial charge in [-0.15, -0.1) is 0 Å². The highest BCUT2D eigenvalue weighted by atomic mass is 15.2. The first kappa shape index (κ1) is 14.5. The Bertz CT molecular complexity index is 395. The first-order valence-electron chi connectivity index (χ1n) is 7.41. The second-order valence-electron chi connectivity index (χ2n) is 7.07. The van der Waals surface area contributed by atoms with E-state index in [1.807, 2.05) is 0 Å². The van der Waals surface area contributed by atoms with Gasteiger partial charge in [-0.05, 0) is 41.6 Å². The van der Waals surface area contributed by atoms with Crippen LogP contribution in [0, 0.1) is 16.7 Å². The molecule has 1 aromatic carbocycles. The van der Waals surface area contributed by atoms with E-state index in [9.17, 15) is 0 Å². The molecule has 3 N–H and O–H groups in total. The van der Waals surface area contributed by atoms with Gasteiger partial charge in [0.25, 0.3) is 0 Å². The third kappa shape index (κ3) is 2.70. The van der Waals surface area contributed by atoms with Crippen LogP contribution in [-0.4, -0.2) is 6.04 Å². The predicted molar refractivity (Wildman–Crippen MR) is 81.5 cm³/mol. The summed E-state index contributed by atoms with van der Waals surface area (Å²) in [5.41, 5.74) is 5.28. The molecule has 1 aliphatic carbocycles. The second kappa shape index (κ2) is 5.26. The van der Waals surface area contributed by atoms with Crippen molar-refractivity contribution < 1.29 is 0 Å². The number of nitrogens with one attached hydrogen (secondary N) is 1. The van der Waals surface area contributed by atoms with Crippen LogP contribution in [0.25, 0.3) is 0 Å². The van der Waals surface area contributed by atoms with Gasteiger partial charge >= 0.3 is 0 Å². The standard InChI is InChI=1S/C17H28N2/c1-16(2)15(17(16,3)4)14(19-18)12-8-11-13-9-6-5-7-10-13/h5-7,9-10,14-15,19H,8,11-12,18H2,1-4H3. The van der Waals surface area contributed by atoms with Crippen molar-refractivity contribution in [1.82, 2.24) is 5.43 Å². The minimum Gasteiger partial charge on any atom is -0.271 e. The Hall–Kier alpha value is -0.860. The van der Waals surface area contributed by atoms with E-state index in [0.29, 0.717) is 22.8 Å². The quantitative estimate of drug-likeness (QED) is 0.606. The topological polar surface area (TPSA) is 38.0 Å². The maximum absolute atomic E-state index is 5.79. The molecule has 2 nitrogen and oxygen atoms in total. The van der Waals surface area contributed by atoms with Gasteiger partial charge in [-0.25, -0.2) is 0 Å². The van der Waals surface area contributed by atoms with E-state index in [2.05, 4.69) is 63.5 Å².